The average molecular weight is 550 g/mol. The van der Waals surface area contributed by atoms with Gasteiger partial charge in [0, 0.05) is 24.8 Å². The van der Waals surface area contributed by atoms with Crippen LogP contribution in [0.25, 0.3) is 0 Å². The number of nitrogens with one attached hydrogen (secondary N) is 1. The standard InChI is InChI=1S/C21H25F3N4O2.HI/c1-3-25-20(27-13-16-7-5-9-26-19(16)29-2)28-10-11-30-18(14-28)15-6-4-8-17(12-15)21(22,23)24;/h4-9,12,18H,3,10-11,13-14H2,1-2H3,(H,25,27);1H. The van der Waals surface area contributed by atoms with Gasteiger partial charge in [-0.05, 0) is 30.7 Å². The molecule has 170 valence electrons. The molecule has 1 saturated heterocycles. The fourth-order valence-electron chi connectivity index (χ4n) is 3.27. The highest BCUT2D eigenvalue weighted by Crippen LogP contribution is 2.32. The van der Waals surface area contributed by atoms with Gasteiger partial charge in [0.25, 0.3) is 0 Å². The van der Waals surface area contributed by atoms with Crippen LogP contribution in [0.15, 0.2) is 47.6 Å². The topological polar surface area (TPSA) is 59.0 Å². The monoisotopic (exact) mass is 550 g/mol. The van der Waals surface area contributed by atoms with Gasteiger partial charge in [0.05, 0.1) is 32.4 Å². The van der Waals surface area contributed by atoms with Gasteiger partial charge in [-0.3, -0.25) is 0 Å². The smallest absolute Gasteiger partial charge is 0.416 e. The first-order valence-electron chi connectivity index (χ1n) is 9.72. The predicted molar refractivity (Wildman–Crippen MR) is 123 cm³/mol. The van der Waals surface area contributed by atoms with Crippen LogP contribution in [0, 0.1) is 0 Å². The number of methoxy groups -OCH3 is 1. The summed E-state index contributed by atoms with van der Waals surface area (Å²) in [5.74, 6) is 1.18. The molecule has 1 aliphatic heterocycles. The van der Waals surface area contributed by atoms with E-state index in [1.165, 1.54) is 6.07 Å². The zero-order chi connectivity index (χ0) is 21.6. The molecule has 1 unspecified atom stereocenters. The summed E-state index contributed by atoms with van der Waals surface area (Å²) in [6.45, 7) is 4.37. The van der Waals surface area contributed by atoms with Gasteiger partial charge in [-0.25, -0.2) is 9.98 Å². The molecule has 0 radical (unpaired) electrons. The zero-order valence-electron chi connectivity index (χ0n) is 17.4. The fraction of sp³-hybridized carbons (Fsp3) is 0.429. The summed E-state index contributed by atoms with van der Waals surface area (Å²) in [7, 11) is 1.56. The van der Waals surface area contributed by atoms with Gasteiger partial charge in [0.1, 0.15) is 6.10 Å². The largest absolute Gasteiger partial charge is 0.481 e. The van der Waals surface area contributed by atoms with E-state index in [1.54, 1.807) is 19.4 Å². The number of halogens is 4. The molecule has 1 atom stereocenters. The summed E-state index contributed by atoms with van der Waals surface area (Å²) in [5, 5.41) is 3.25. The van der Waals surface area contributed by atoms with Crippen LogP contribution in [0.2, 0.25) is 0 Å². The molecular formula is C21H26F3IN4O2. The number of rotatable bonds is 5. The van der Waals surface area contributed by atoms with Crippen LogP contribution in [0.4, 0.5) is 13.2 Å². The van der Waals surface area contributed by atoms with Crippen molar-refractivity contribution in [2.75, 3.05) is 33.4 Å². The number of ether oxygens (including phenoxy) is 2. The first-order chi connectivity index (χ1) is 14.4. The summed E-state index contributed by atoms with van der Waals surface area (Å²) in [6, 6.07) is 9.00. The highest BCUT2D eigenvalue weighted by Gasteiger charge is 2.32. The zero-order valence-corrected chi connectivity index (χ0v) is 19.7. The Kier molecular flexibility index (Phi) is 9.35. The number of benzene rings is 1. The van der Waals surface area contributed by atoms with Gasteiger partial charge >= 0.3 is 6.18 Å². The van der Waals surface area contributed by atoms with Crippen LogP contribution >= 0.6 is 24.0 Å². The molecule has 1 aromatic carbocycles. The number of alkyl halides is 3. The van der Waals surface area contributed by atoms with E-state index in [0.29, 0.717) is 50.2 Å². The second-order valence-electron chi connectivity index (χ2n) is 6.77. The summed E-state index contributed by atoms with van der Waals surface area (Å²) < 4.78 is 50.2. The maximum atomic E-state index is 13.1. The number of morpholine rings is 1. The molecule has 1 aliphatic rings. The molecule has 2 aromatic rings. The van der Waals surface area contributed by atoms with Gasteiger partial charge in [-0.1, -0.05) is 18.2 Å². The number of hydrogen-bond acceptors (Lipinski definition) is 4. The van der Waals surface area contributed by atoms with Crippen molar-refractivity contribution in [3.05, 3.63) is 59.3 Å². The van der Waals surface area contributed by atoms with Crippen molar-refractivity contribution >= 4 is 29.9 Å². The number of nitrogens with zero attached hydrogens (tertiary/aromatic N) is 3. The molecule has 0 spiro atoms. The minimum atomic E-state index is -4.39. The van der Waals surface area contributed by atoms with Gasteiger partial charge in [-0.15, -0.1) is 24.0 Å². The Morgan fingerprint density at radius 2 is 2.13 bits per heavy atom. The van der Waals surface area contributed by atoms with E-state index in [1.807, 2.05) is 24.0 Å². The van der Waals surface area contributed by atoms with Crippen LogP contribution < -0.4 is 10.1 Å². The number of hydrogen-bond donors (Lipinski definition) is 1. The van der Waals surface area contributed by atoms with Crippen molar-refractivity contribution < 1.29 is 22.6 Å². The first-order valence-corrected chi connectivity index (χ1v) is 9.72. The van der Waals surface area contributed by atoms with E-state index in [4.69, 9.17) is 9.47 Å². The Morgan fingerprint density at radius 1 is 1.32 bits per heavy atom. The van der Waals surface area contributed by atoms with Gasteiger partial charge in [0.2, 0.25) is 5.88 Å². The summed E-state index contributed by atoms with van der Waals surface area (Å²) in [5.41, 5.74) is 0.669. The Hall–Kier alpha value is -2.08. The molecule has 1 N–H and O–H groups in total. The quantitative estimate of drug-likeness (QED) is 0.343. The second-order valence-corrected chi connectivity index (χ2v) is 6.77. The van der Waals surface area contributed by atoms with Crippen LogP contribution in [-0.4, -0.2) is 49.2 Å². The van der Waals surface area contributed by atoms with Crippen molar-refractivity contribution in [3.8, 4) is 5.88 Å². The third-order valence-electron chi connectivity index (χ3n) is 4.73. The number of aliphatic imine (C=N–C) groups is 1. The van der Waals surface area contributed by atoms with E-state index >= 15 is 0 Å². The minimum Gasteiger partial charge on any atom is -0.481 e. The highest BCUT2D eigenvalue weighted by atomic mass is 127. The molecule has 0 aliphatic carbocycles. The third kappa shape index (κ3) is 6.70. The van der Waals surface area contributed by atoms with Crippen molar-refractivity contribution in [1.29, 1.82) is 0 Å². The predicted octanol–water partition coefficient (Wildman–Crippen LogP) is 4.27. The Labute approximate surface area is 196 Å². The lowest BCUT2D eigenvalue weighted by Gasteiger charge is -2.35. The lowest BCUT2D eigenvalue weighted by Crippen LogP contribution is -2.48. The highest BCUT2D eigenvalue weighted by molar-refractivity contribution is 14.0. The Bertz CT molecular complexity index is 880. The SMILES string of the molecule is CCNC(=NCc1cccnc1OC)N1CCOC(c2cccc(C(F)(F)F)c2)C1.I. The van der Waals surface area contributed by atoms with E-state index < -0.39 is 17.8 Å². The van der Waals surface area contributed by atoms with E-state index in [0.717, 1.165) is 17.7 Å². The van der Waals surface area contributed by atoms with E-state index in [-0.39, 0.29) is 24.0 Å². The van der Waals surface area contributed by atoms with Gasteiger partial charge in [-0.2, -0.15) is 13.2 Å². The maximum Gasteiger partial charge on any atom is 0.416 e. The maximum absolute atomic E-state index is 13.1. The lowest BCUT2D eigenvalue weighted by molar-refractivity contribution is -0.137. The summed E-state index contributed by atoms with van der Waals surface area (Å²) >= 11 is 0. The van der Waals surface area contributed by atoms with E-state index in [2.05, 4.69) is 15.3 Å². The van der Waals surface area contributed by atoms with Gasteiger partial charge < -0.3 is 19.7 Å². The number of aromatic nitrogens is 1. The van der Waals surface area contributed by atoms with Crippen molar-refractivity contribution in [2.24, 2.45) is 4.99 Å². The van der Waals surface area contributed by atoms with E-state index in [9.17, 15) is 13.2 Å². The van der Waals surface area contributed by atoms with Crippen molar-refractivity contribution in [2.45, 2.75) is 25.7 Å². The molecular weight excluding hydrogens is 524 g/mol. The summed E-state index contributed by atoms with van der Waals surface area (Å²) in [4.78, 5) is 10.9. The first kappa shape index (κ1) is 25.2. The van der Waals surface area contributed by atoms with Crippen molar-refractivity contribution in [3.63, 3.8) is 0 Å². The molecule has 0 bridgehead atoms. The fourth-order valence-corrected chi connectivity index (χ4v) is 3.27. The third-order valence-corrected chi connectivity index (χ3v) is 4.73. The number of guanidine groups is 1. The average Bonchev–Trinajstić information content (AvgIpc) is 2.76. The molecule has 6 nitrogen and oxygen atoms in total. The minimum absolute atomic E-state index is 0. The van der Waals surface area contributed by atoms with Crippen LogP contribution in [-0.2, 0) is 17.5 Å². The second kappa shape index (κ2) is 11.5. The number of pyridine rings is 1. The molecule has 1 fully saturated rings. The molecule has 3 rings (SSSR count). The van der Waals surface area contributed by atoms with Crippen molar-refractivity contribution in [1.82, 2.24) is 15.2 Å². The van der Waals surface area contributed by atoms with Crippen LogP contribution in [0.5, 0.6) is 5.88 Å². The molecule has 1 aromatic heterocycles. The Morgan fingerprint density at radius 3 is 2.84 bits per heavy atom. The normalized spacial score (nSPS) is 17.1. The molecule has 0 amide bonds. The molecule has 0 saturated carbocycles. The molecule has 2 heterocycles. The van der Waals surface area contributed by atoms with Crippen LogP contribution in [0.3, 0.4) is 0 Å². The lowest BCUT2D eigenvalue weighted by atomic mass is 10.0. The Balaban J connectivity index is 0.00000341. The van der Waals surface area contributed by atoms with Gasteiger partial charge in [0.15, 0.2) is 5.96 Å². The molecule has 31 heavy (non-hydrogen) atoms. The molecule has 10 heteroatoms. The summed E-state index contributed by atoms with van der Waals surface area (Å²) in [6.07, 6.45) is -3.21. The van der Waals surface area contributed by atoms with Crippen LogP contribution in [0.1, 0.15) is 29.7 Å².